The molecule has 1 aromatic carbocycles. The monoisotopic (exact) mass is 265 g/mol. The van der Waals surface area contributed by atoms with Crippen LogP contribution >= 0.6 is 0 Å². The number of hydrogen-bond donors (Lipinski definition) is 1. The molecule has 1 aromatic rings. The van der Waals surface area contributed by atoms with E-state index in [1.807, 2.05) is 0 Å². The van der Waals surface area contributed by atoms with E-state index in [0.717, 1.165) is 25.7 Å². The van der Waals surface area contributed by atoms with Gasteiger partial charge < -0.3 is 9.84 Å². The summed E-state index contributed by atoms with van der Waals surface area (Å²) in [6.45, 7) is 1.97. The second-order valence-corrected chi connectivity index (χ2v) is 5.15. The third-order valence-corrected chi connectivity index (χ3v) is 3.72. The van der Waals surface area contributed by atoms with Gasteiger partial charge in [-0.1, -0.05) is 0 Å². The molecule has 0 bridgehead atoms. The van der Waals surface area contributed by atoms with Crippen molar-refractivity contribution >= 4 is 5.69 Å². The van der Waals surface area contributed by atoms with Crippen molar-refractivity contribution < 1.29 is 14.8 Å². The van der Waals surface area contributed by atoms with Crippen molar-refractivity contribution in [1.82, 2.24) is 0 Å². The van der Waals surface area contributed by atoms with Crippen molar-refractivity contribution in [1.29, 1.82) is 0 Å². The molecule has 0 radical (unpaired) electrons. The van der Waals surface area contributed by atoms with Gasteiger partial charge in [0.25, 0.3) is 5.69 Å². The largest absolute Gasteiger partial charge is 0.490 e. The molecule has 0 amide bonds. The molecule has 0 atom stereocenters. The quantitative estimate of drug-likeness (QED) is 0.671. The van der Waals surface area contributed by atoms with Crippen LogP contribution in [0.4, 0.5) is 5.69 Å². The van der Waals surface area contributed by atoms with Crippen molar-refractivity contribution in [3.05, 3.63) is 33.9 Å². The highest BCUT2D eigenvalue weighted by Crippen LogP contribution is 2.29. The number of aliphatic hydroxyl groups excluding tert-OH is 1. The maximum atomic E-state index is 10.7. The van der Waals surface area contributed by atoms with E-state index in [1.165, 1.54) is 6.07 Å². The van der Waals surface area contributed by atoms with Crippen molar-refractivity contribution in [2.75, 3.05) is 6.61 Å². The summed E-state index contributed by atoms with van der Waals surface area (Å²) in [5.41, 5.74) is 0.739. The minimum absolute atomic E-state index is 0.122. The van der Waals surface area contributed by atoms with Crippen LogP contribution in [0.25, 0.3) is 0 Å². The normalized spacial score (nSPS) is 23.1. The van der Waals surface area contributed by atoms with Crippen molar-refractivity contribution in [2.24, 2.45) is 5.92 Å². The van der Waals surface area contributed by atoms with Crippen LogP contribution in [0.2, 0.25) is 0 Å². The Hall–Kier alpha value is -1.62. The van der Waals surface area contributed by atoms with Crippen molar-refractivity contribution in [3.63, 3.8) is 0 Å². The number of nitro benzene ring substituents is 1. The maximum Gasteiger partial charge on any atom is 0.272 e. The molecular weight excluding hydrogens is 246 g/mol. The van der Waals surface area contributed by atoms with Crippen LogP contribution in [0, 0.1) is 23.0 Å². The summed E-state index contributed by atoms with van der Waals surface area (Å²) in [5.74, 6) is 1.09. The Morgan fingerprint density at radius 1 is 1.37 bits per heavy atom. The topological polar surface area (TPSA) is 72.6 Å². The Kier molecular flexibility index (Phi) is 4.37. The summed E-state index contributed by atoms with van der Waals surface area (Å²) < 4.78 is 5.86. The van der Waals surface area contributed by atoms with E-state index in [0.29, 0.717) is 17.2 Å². The summed E-state index contributed by atoms with van der Waals surface area (Å²) in [7, 11) is 0. The number of benzene rings is 1. The molecule has 5 heteroatoms. The lowest BCUT2D eigenvalue weighted by molar-refractivity contribution is -0.385. The molecule has 104 valence electrons. The van der Waals surface area contributed by atoms with E-state index in [9.17, 15) is 10.1 Å². The second kappa shape index (κ2) is 6.02. The number of nitrogens with zero attached hydrogens (tertiary/aromatic N) is 1. The van der Waals surface area contributed by atoms with Gasteiger partial charge in [0.05, 0.1) is 11.0 Å². The van der Waals surface area contributed by atoms with Crippen LogP contribution < -0.4 is 4.74 Å². The average Bonchev–Trinajstić information content (AvgIpc) is 2.39. The molecule has 1 aliphatic carbocycles. The van der Waals surface area contributed by atoms with Crippen LogP contribution in [0.1, 0.15) is 31.2 Å². The zero-order valence-corrected chi connectivity index (χ0v) is 11.0. The highest BCUT2D eigenvalue weighted by atomic mass is 16.6. The minimum Gasteiger partial charge on any atom is -0.490 e. The van der Waals surface area contributed by atoms with Crippen LogP contribution in [0.15, 0.2) is 18.2 Å². The lowest BCUT2D eigenvalue weighted by atomic mass is 9.88. The van der Waals surface area contributed by atoms with Gasteiger partial charge in [-0.25, -0.2) is 0 Å². The zero-order chi connectivity index (χ0) is 13.8. The fourth-order valence-corrected chi connectivity index (χ4v) is 2.53. The predicted molar refractivity (Wildman–Crippen MR) is 71.3 cm³/mol. The van der Waals surface area contributed by atoms with Gasteiger partial charge in [-0.2, -0.15) is 0 Å². The lowest BCUT2D eigenvalue weighted by Gasteiger charge is -2.27. The molecule has 0 heterocycles. The molecule has 1 aliphatic rings. The van der Waals surface area contributed by atoms with Gasteiger partial charge in [0.2, 0.25) is 0 Å². The number of rotatable bonds is 4. The number of ether oxygens (including phenoxy) is 1. The summed E-state index contributed by atoms with van der Waals surface area (Å²) >= 11 is 0. The highest BCUT2D eigenvalue weighted by Gasteiger charge is 2.22. The molecule has 0 unspecified atom stereocenters. The zero-order valence-electron chi connectivity index (χ0n) is 11.0. The Morgan fingerprint density at radius 3 is 2.58 bits per heavy atom. The van der Waals surface area contributed by atoms with Crippen molar-refractivity contribution in [2.45, 2.75) is 38.7 Å². The minimum atomic E-state index is -0.383. The molecule has 2 rings (SSSR count). The van der Waals surface area contributed by atoms with Gasteiger partial charge in [-0.05, 0) is 50.7 Å². The summed E-state index contributed by atoms with van der Waals surface area (Å²) in [6.07, 6.45) is 3.98. The summed E-state index contributed by atoms with van der Waals surface area (Å²) in [5, 5.41) is 19.8. The Balaban J connectivity index is 1.97. The number of hydrogen-bond acceptors (Lipinski definition) is 4. The molecule has 0 saturated heterocycles. The third-order valence-electron chi connectivity index (χ3n) is 3.72. The van der Waals surface area contributed by atoms with Gasteiger partial charge >= 0.3 is 0 Å². The molecule has 0 aliphatic heterocycles. The number of aliphatic hydroxyl groups is 1. The summed E-state index contributed by atoms with van der Waals surface area (Å²) in [6, 6.07) is 4.86. The van der Waals surface area contributed by atoms with E-state index in [4.69, 9.17) is 9.84 Å². The van der Waals surface area contributed by atoms with E-state index >= 15 is 0 Å². The summed E-state index contributed by atoms with van der Waals surface area (Å²) in [4.78, 5) is 10.3. The van der Waals surface area contributed by atoms with E-state index in [2.05, 4.69) is 0 Å². The third kappa shape index (κ3) is 3.44. The predicted octanol–water partition coefficient (Wildman–Crippen LogP) is 2.83. The Morgan fingerprint density at radius 2 is 2.05 bits per heavy atom. The first-order valence-corrected chi connectivity index (χ1v) is 6.62. The second-order valence-electron chi connectivity index (χ2n) is 5.15. The van der Waals surface area contributed by atoms with Crippen LogP contribution in [-0.4, -0.2) is 22.7 Å². The van der Waals surface area contributed by atoms with Crippen LogP contribution in [-0.2, 0) is 0 Å². The van der Waals surface area contributed by atoms with Gasteiger partial charge in [-0.3, -0.25) is 10.1 Å². The van der Waals surface area contributed by atoms with Crippen molar-refractivity contribution in [3.8, 4) is 5.75 Å². The SMILES string of the molecule is Cc1cc(OC2CCC(CO)CC2)ccc1[N+](=O)[O-]. The highest BCUT2D eigenvalue weighted by molar-refractivity contribution is 5.44. The van der Waals surface area contributed by atoms with Crippen LogP contribution in [0.3, 0.4) is 0 Å². The molecule has 1 fully saturated rings. The van der Waals surface area contributed by atoms with Gasteiger partial charge in [0.15, 0.2) is 0 Å². The van der Waals surface area contributed by atoms with E-state index < -0.39 is 0 Å². The first-order chi connectivity index (χ1) is 9.10. The number of aryl methyl sites for hydroxylation is 1. The fraction of sp³-hybridized carbons (Fsp3) is 0.571. The molecule has 0 aromatic heterocycles. The molecular formula is C14H19NO4. The molecule has 1 N–H and O–H groups in total. The van der Waals surface area contributed by atoms with E-state index in [1.54, 1.807) is 19.1 Å². The molecule has 19 heavy (non-hydrogen) atoms. The van der Waals surface area contributed by atoms with Gasteiger partial charge in [0, 0.05) is 18.2 Å². The molecule has 1 saturated carbocycles. The smallest absolute Gasteiger partial charge is 0.272 e. The standard InChI is InChI=1S/C14H19NO4/c1-10-8-13(6-7-14(10)15(17)18)19-12-4-2-11(9-16)3-5-12/h6-8,11-12,16H,2-5,9H2,1H3. The first kappa shape index (κ1) is 13.8. The van der Waals surface area contributed by atoms with Gasteiger partial charge in [-0.15, -0.1) is 0 Å². The molecule has 0 spiro atoms. The Labute approximate surface area is 112 Å². The lowest BCUT2D eigenvalue weighted by Crippen LogP contribution is -2.25. The molecule has 5 nitrogen and oxygen atoms in total. The van der Waals surface area contributed by atoms with Crippen LogP contribution in [0.5, 0.6) is 5.75 Å². The first-order valence-electron chi connectivity index (χ1n) is 6.62. The average molecular weight is 265 g/mol. The van der Waals surface area contributed by atoms with E-state index in [-0.39, 0.29) is 23.3 Å². The van der Waals surface area contributed by atoms with Gasteiger partial charge in [0.1, 0.15) is 5.75 Å². The number of nitro groups is 1. The Bertz CT molecular complexity index is 453. The maximum absolute atomic E-state index is 10.7. The fourth-order valence-electron chi connectivity index (χ4n) is 2.53.